The topological polar surface area (TPSA) is 82.5 Å². The normalized spacial score (nSPS) is 12.8. The number of hydrogen-bond acceptors (Lipinski definition) is 5. The summed E-state index contributed by atoms with van der Waals surface area (Å²) in [5.74, 6) is 0.613. The molecule has 0 aliphatic rings. The monoisotopic (exact) mass is 332 g/mol. The molecule has 0 aliphatic carbocycles. The van der Waals surface area contributed by atoms with E-state index in [1.807, 2.05) is 30.3 Å². The second-order valence-electron chi connectivity index (χ2n) is 4.55. The van der Waals surface area contributed by atoms with Crippen molar-refractivity contribution in [1.82, 2.24) is 25.2 Å². The third-order valence-electron chi connectivity index (χ3n) is 3.01. The predicted octanol–water partition coefficient (Wildman–Crippen LogP) is 1.76. The van der Waals surface area contributed by atoms with Crippen molar-refractivity contribution in [1.29, 1.82) is 0 Å². The lowest BCUT2D eigenvalue weighted by Gasteiger charge is -2.12. The SMILES string of the molecule is Cn1nnc(CC(N)c2nc3ccccc3cc2Br)n1. The Kier molecular flexibility index (Phi) is 3.45. The summed E-state index contributed by atoms with van der Waals surface area (Å²) in [4.78, 5) is 6.04. The molecule has 6 nitrogen and oxygen atoms in total. The van der Waals surface area contributed by atoms with E-state index in [9.17, 15) is 0 Å². The molecule has 3 rings (SSSR count). The molecule has 1 unspecified atom stereocenters. The third kappa shape index (κ3) is 2.54. The first-order valence-corrected chi connectivity index (χ1v) is 6.96. The van der Waals surface area contributed by atoms with Gasteiger partial charge in [-0.2, -0.15) is 4.80 Å². The number of hydrogen-bond donors (Lipinski definition) is 1. The molecule has 3 aromatic rings. The minimum absolute atomic E-state index is 0.279. The summed E-state index contributed by atoms with van der Waals surface area (Å²) in [6.45, 7) is 0. The minimum Gasteiger partial charge on any atom is -0.322 e. The summed E-state index contributed by atoms with van der Waals surface area (Å²) in [6.07, 6.45) is 0.498. The lowest BCUT2D eigenvalue weighted by Crippen LogP contribution is -2.16. The number of aromatic nitrogens is 5. The van der Waals surface area contributed by atoms with Crippen molar-refractivity contribution >= 4 is 26.8 Å². The number of rotatable bonds is 3. The molecule has 0 radical (unpaired) electrons. The van der Waals surface area contributed by atoms with Crippen molar-refractivity contribution in [3.63, 3.8) is 0 Å². The highest BCUT2D eigenvalue weighted by Crippen LogP contribution is 2.26. The molecule has 2 aromatic heterocycles. The fourth-order valence-corrected chi connectivity index (χ4v) is 2.69. The smallest absolute Gasteiger partial charge is 0.176 e. The van der Waals surface area contributed by atoms with Gasteiger partial charge in [0, 0.05) is 16.3 Å². The molecule has 1 atom stereocenters. The van der Waals surface area contributed by atoms with Crippen LogP contribution >= 0.6 is 15.9 Å². The Labute approximate surface area is 124 Å². The maximum absolute atomic E-state index is 6.22. The summed E-state index contributed by atoms with van der Waals surface area (Å²) in [5.41, 5.74) is 7.94. The van der Waals surface area contributed by atoms with E-state index in [0.29, 0.717) is 12.2 Å². The van der Waals surface area contributed by atoms with E-state index in [-0.39, 0.29) is 6.04 Å². The standard InChI is InChI=1S/C13H13BrN6/c1-20-18-12(17-19-20)7-10(15)13-9(14)6-8-4-2-3-5-11(8)16-13/h2-6,10H,7,15H2,1H3. The largest absolute Gasteiger partial charge is 0.322 e. The van der Waals surface area contributed by atoms with Crippen molar-refractivity contribution in [3.8, 4) is 0 Å². The number of para-hydroxylation sites is 1. The van der Waals surface area contributed by atoms with E-state index in [4.69, 9.17) is 5.73 Å². The predicted molar refractivity (Wildman–Crippen MR) is 78.9 cm³/mol. The first-order chi connectivity index (χ1) is 9.63. The summed E-state index contributed by atoms with van der Waals surface area (Å²) in [6, 6.07) is 9.69. The first-order valence-electron chi connectivity index (χ1n) is 6.17. The molecule has 1 aromatic carbocycles. The maximum atomic E-state index is 6.22. The van der Waals surface area contributed by atoms with E-state index < -0.39 is 0 Å². The third-order valence-corrected chi connectivity index (χ3v) is 3.64. The van der Waals surface area contributed by atoms with Crippen LogP contribution in [0.2, 0.25) is 0 Å². The van der Waals surface area contributed by atoms with Gasteiger partial charge in [0.25, 0.3) is 0 Å². The van der Waals surface area contributed by atoms with Crippen LogP contribution in [0, 0.1) is 0 Å². The van der Waals surface area contributed by atoms with Crippen LogP contribution in [0.25, 0.3) is 10.9 Å². The number of fused-ring (bicyclic) bond motifs is 1. The average Bonchev–Trinajstić information content (AvgIpc) is 2.83. The Bertz CT molecular complexity index is 753. The zero-order valence-electron chi connectivity index (χ0n) is 10.9. The van der Waals surface area contributed by atoms with Crippen LogP contribution in [0.1, 0.15) is 17.6 Å². The lowest BCUT2D eigenvalue weighted by atomic mass is 10.1. The molecule has 2 heterocycles. The molecule has 0 aliphatic heterocycles. The highest BCUT2D eigenvalue weighted by molar-refractivity contribution is 9.10. The minimum atomic E-state index is -0.279. The van der Waals surface area contributed by atoms with Gasteiger partial charge in [-0.25, -0.2) is 4.98 Å². The van der Waals surface area contributed by atoms with Gasteiger partial charge in [-0.05, 0) is 33.3 Å². The van der Waals surface area contributed by atoms with Gasteiger partial charge in [-0.1, -0.05) is 18.2 Å². The summed E-state index contributed by atoms with van der Waals surface area (Å²) in [5, 5.41) is 13.0. The van der Waals surface area contributed by atoms with Crippen molar-refractivity contribution in [3.05, 3.63) is 46.3 Å². The van der Waals surface area contributed by atoms with E-state index >= 15 is 0 Å². The molecule has 0 fully saturated rings. The van der Waals surface area contributed by atoms with E-state index in [2.05, 4.69) is 36.3 Å². The summed E-state index contributed by atoms with van der Waals surface area (Å²) >= 11 is 3.53. The van der Waals surface area contributed by atoms with E-state index in [1.165, 1.54) is 4.80 Å². The average molecular weight is 333 g/mol. The molecule has 0 saturated heterocycles. The van der Waals surface area contributed by atoms with Gasteiger partial charge < -0.3 is 5.73 Å². The van der Waals surface area contributed by atoms with Crippen LogP contribution in [0.15, 0.2) is 34.8 Å². The van der Waals surface area contributed by atoms with Crippen molar-refractivity contribution in [2.24, 2.45) is 12.8 Å². The highest BCUT2D eigenvalue weighted by atomic mass is 79.9. The maximum Gasteiger partial charge on any atom is 0.176 e. The number of nitrogens with zero attached hydrogens (tertiary/aromatic N) is 5. The van der Waals surface area contributed by atoms with Gasteiger partial charge in [0.05, 0.1) is 24.3 Å². The van der Waals surface area contributed by atoms with Crippen LogP contribution in [0.5, 0.6) is 0 Å². The van der Waals surface area contributed by atoms with Gasteiger partial charge in [0.2, 0.25) is 0 Å². The van der Waals surface area contributed by atoms with E-state index in [0.717, 1.165) is 21.1 Å². The fraction of sp³-hybridized carbons (Fsp3) is 0.231. The lowest BCUT2D eigenvalue weighted by molar-refractivity contribution is 0.620. The Morgan fingerprint density at radius 2 is 2.15 bits per heavy atom. The zero-order chi connectivity index (χ0) is 14.1. The Morgan fingerprint density at radius 1 is 1.35 bits per heavy atom. The van der Waals surface area contributed by atoms with Gasteiger partial charge in [0.1, 0.15) is 0 Å². The Hall–Kier alpha value is -1.86. The molecule has 102 valence electrons. The van der Waals surface area contributed by atoms with Crippen LogP contribution in [0.3, 0.4) is 0 Å². The van der Waals surface area contributed by atoms with Gasteiger partial charge in [-0.15, -0.1) is 10.2 Å². The molecule has 7 heteroatoms. The number of benzene rings is 1. The van der Waals surface area contributed by atoms with Crippen molar-refractivity contribution in [2.45, 2.75) is 12.5 Å². The van der Waals surface area contributed by atoms with Gasteiger partial charge >= 0.3 is 0 Å². The quantitative estimate of drug-likeness (QED) is 0.790. The van der Waals surface area contributed by atoms with Crippen LogP contribution in [-0.2, 0) is 13.5 Å². The fourth-order valence-electron chi connectivity index (χ4n) is 2.06. The molecule has 0 spiro atoms. The number of tetrazole rings is 1. The van der Waals surface area contributed by atoms with Crippen LogP contribution in [-0.4, -0.2) is 25.2 Å². The number of halogens is 1. The van der Waals surface area contributed by atoms with Crippen LogP contribution in [0.4, 0.5) is 0 Å². The molecule has 0 saturated carbocycles. The van der Waals surface area contributed by atoms with Crippen molar-refractivity contribution < 1.29 is 0 Å². The van der Waals surface area contributed by atoms with Crippen molar-refractivity contribution in [2.75, 3.05) is 0 Å². The second kappa shape index (κ2) is 5.26. The molecule has 0 amide bonds. The van der Waals surface area contributed by atoms with Crippen LogP contribution < -0.4 is 5.73 Å². The molecule has 2 N–H and O–H groups in total. The Balaban J connectivity index is 1.94. The summed E-state index contributed by atoms with van der Waals surface area (Å²) < 4.78 is 0.896. The van der Waals surface area contributed by atoms with Gasteiger partial charge in [-0.3, -0.25) is 0 Å². The molecular formula is C13H13BrN6. The highest BCUT2D eigenvalue weighted by Gasteiger charge is 2.16. The number of pyridine rings is 1. The first kappa shape index (κ1) is 13.1. The summed E-state index contributed by atoms with van der Waals surface area (Å²) in [7, 11) is 1.73. The zero-order valence-corrected chi connectivity index (χ0v) is 12.4. The molecule has 0 bridgehead atoms. The second-order valence-corrected chi connectivity index (χ2v) is 5.41. The number of aryl methyl sites for hydroxylation is 1. The number of nitrogens with two attached hydrogens (primary N) is 1. The van der Waals surface area contributed by atoms with E-state index in [1.54, 1.807) is 7.05 Å². The molecular weight excluding hydrogens is 320 g/mol. The Morgan fingerprint density at radius 3 is 2.90 bits per heavy atom. The van der Waals surface area contributed by atoms with Gasteiger partial charge in [0.15, 0.2) is 5.82 Å². The molecule has 20 heavy (non-hydrogen) atoms.